The third kappa shape index (κ3) is 2.95. The Kier molecular flexibility index (Phi) is 4.45. The summed E-state index contributed by atoms with van der Waals surface area (Å²) in [4.78, 5) is 14.1. The average Bonchev–Trinajstić information content (AvgIpc) is 2.60. The molecule has 0 spiro atoms. The Morgan fingerprint density at radius 2 is 2.33 bits per heavy atom. The highest BCUT2D eigenvalue weighted by molar-refractivity contribution is 5.88. The molecule has 0 aromatic carbocycles. The molecule has 2 aliphatic rings. The van der Waals surface area contributed by atoms with Gasteiger partial charge in [0.25, 0.3) is 0 Å². The maximum Gasteiger partial charge on any atom is 0.335 e. The van der Waals surface area contributed by atoms with E-state index in [4.69, 9.17) is 4.74 Å². The minimum absolute atomic E-state index is 0.148. The molecule has 1 saturated heterocycles. The van der Waals surface area contributed by atoms with Crippen molar-refractivity contribution in [2.45, 2.75) is 46.0 Å². The molecule has 0 saturated carbocycles. The number of allylic oxidation sites excluding steroid dienone is 2. The summed E-state index contributed by atoms with van der Waals surface area (Å²) in [6.07, 6.45) is 9.69. The minimum Gasteiger partial charge on any atom is -0.463 e. The zero-order chi connectivity index (χ0) is 13.0. The van der Waals surface area contributed by atoms with Crippen LogP contribution < -0.4 is 0 Å². The van der Waals surface area contributed by atoms with Crippen LogP contribution in [0.4, 0.5) is 0 Å². The van der Waals surface area contributed by atoms with Gasteiger partial charge in [-0.15, -0.1) is 0 Å². The number of esters is 1. The van der Waals surface area contributed by atoms with Crippen molar-refractivity contribution in [3.8, 4) is 0 Å². The van der Waals surface area contributed by atoms with Gasteiger partial charge in [0.2, 0.25) is 0 Å². The SMILES string of the molecule is CCOC(=O)C1=CN2CCC(CC)CC2=CCC1. The molecule has 2 rings (SSSR count). The Bertz CT molecular complexity index is 371. The van der Waals surface area contributed by atoms with Gasteiger partial charge in [-0.05, 0) is 38.5 Å². The normalized spacial score (nSPS) is 23.7. The Balaban J connectivity index is 2.08. The van der Waals surface area contributed by atoms with Crippen molar-refractivity contribution in [3.63, 3.8) is 0 Å². The number of carbonyl (C=O) groups excluding carboxylic acids is 1. The number of fused-ring (bicyclic) bond motifs is 1. The fraction of sp³-hybridized carbons (Fsp3) is 0.667. The van der Waals surface area contributed by atoms with Crippen molar-refractivity contribution >= 4 is 5.97 Å². The molecule has 0 amide bonds. The summed E-state index contributed by atoms with van der Waals surface area (Å²) in [6, 6.07) is 0. The molecule has 1 atom stereocenters. The number of hydrogen-bond acceptors (Lipinski definition) is 3. The summed E-state index contributed by atoms with van der Waals surface area (Å²) in [7, 11) is 0. The molecule has 3 heteroatoms. The molecule has 0 N–H and O–H groups in total. The molecule has 100 valence electrons. The molecule has 0 aromatic heterocycles. The lowest BCUT2D eigenvalue weighted by molar-refractivity contribution is -0.138. The smallest absolute Gasteiger partial charge is 0.335 e. The maximum absolute atomic E-state index is 11.8. The average molecular weight is 249 g/mol. The fourth-order valence-corrected chi connectivity index (χ4v) is 2.70. The summed E-state index contributed by atoms with van der Waals surface area (Å²) < 4.78 is 5.10. The third-order valence-electron chi connectivity index (χ3n) is 3.87. The lowest BCUT2D eigenvalue weighted by Crippen LogP contribution is -2.28. The first-order valence-electron chi connectivity index (χ1n) is 7.08. The zero-order valence-electron chi connectivity index (χ0n) is 11.4. The van der Waals surface area contributed by atoms with Gasteiger partial charge in [0.05, 0.1) is 12.2 Å². The topological polar surface area (TPSA) is 29.5 Å². The second-order valence-electron chi connectivity index (χ2n) is 5.07. The van der Waals surface area contributed by atoms with Crippen LogP contribution in [0.25, 0.3) is 0 Å². The van der Waals surface area contributed by atoms with Gasteiger partial charge in [0.1, 0.15) is 0 Å². The number of rotatable bonds is 3. The molecule has 0 radical (unpaired) electrons. The van der Waals surface area contributed by atoms with Crippen LogP contribution in [-0.2, 0) is 9.53 Å². The largest absolute Gasteiger partial charge is 0.463 e. The quantitative estimate of drug-likeness (QED) is 0.719. The predicted molar refractivity (Wildman–Crippen MR) is 71.8 cm³/mol. The van der Waals surface area contributed by atoms with Crippen LogP contribution in [-0.4, -0.2) is 24.0 Å². The maximum atomic E-state index is 11.8. The van der Waals surface area contributed by atoms with Crippen LogP contribution >= 0.6 is 0 Å². The Morgan fingerprint density at radius 3 is 3.06 bits per heavy atom. The van der Waals surface area contributed by atoms with Crippen LogP contribution in [0.1, 0.15) is 46.0 Å². The van der Waals surface area contributed by atoms with Crippen LogP contribution in [0.5, 0.6) is 0 Å². The highest BCUT2D eigenvalue weighted by Crippen LogP contribution is 2.31. The number of carbonyl (C=O) groups is 1. The standard InChI is InChI=1S/C15H23NO2/c1-3-12-8-9-16-11-13(15(17)18-4-2)6-5-7-14(16)10-12/h7,11-12H,3-6,8-10H2,1-2H3. The van der Waals surface area contributed by atoms with Gasteiger partial charge >= 0.3 is 5.97 Å². The molecule has 1 unspecified atom stereocenters. The molecule has 0 bridgehead atoms. The van der Waals surface area contributed by atoms with Gasteiger partial charge in [-0.1, -0.05) is 19.4 Å². The predicted octanol–water partition coefficient (Wildman–Crippen LogP) is 3.23. The van der Waals surface area contributed by atoms with E-state index in [-0.39, 0.29) is 5.97 Å². The van der Waals surface area contributed by atoms with Gasteiger partial charge in [0, 0.05) is 18.4 Å². The summed E-state index contributed by atoms with van der Waals surface area (Å²) in [5.74, 6) is 0.662. The molecular weight excluding hydrogens is 226 g/mol. The minimum atomic E-state index is -0.148. The van der Waals surface area contributed by atoms with Gasteiger partial charge in [0.15, 0.2) is 0 Å². The van der Waals surface area contributed by atoms with Crippen molar-refractivity contribution in [1.82, 2.24) is 4.90 Å². The fourth-order valence-electron chi connectivity index (χ4n) is 2.70. The Labute approximate surface area is 109 Å². The van der Waals surface area contributed by atoms with Crippen molar-refractivity contribution < 1.29 is 9.53 Å². The van der Waals surface area contributed by atoms with Crippen molar-refractivity contribution in [1.29, 1.82) is 0 Å². The monoisotopic (exact) mass is 249 g/mol. The molecule has 2 heterocycles. The van der Waals surface area contributed by atoms with Gasteiger partial charge in [-0.2, -0.15) is 0 Å². The molecule has 1 fully saturated rings. The van der Waals surface area contributed by atoms with E-state index < -0.39 is 0 Å². The Morgan fingerprint density at radius 1 is 1.50 bits per heavy atom. The molecule has 0 aliphatic carbocycles. The van der Waals surface area contributed by atoms with E-state index in [2.05, 4.69) is 17.9 Å². The second-order valence-corrected chi connectivity index (χ2v) is 5.07. The van der Waals surface area contributed by atoms with E-state index in [1.807, 2.05) is 13.1 Å². The summed E-state index contributed by atoms with van der Waals surface area (Å²) >= 11 is 0. The molecular formula is C15H23NO2. The summed E-state index contributed by atoms with van der Waals surface area (Å²) in [5.41, 5.74) is 2.21. The number of ether oxygens (including phenoxy) is 1. The van der Waals surface area contributed by atoms with Crippen LogP contribution in [0.15, 0.2) is 23.5 Å². The number of hydrogen-bond donors (Lipinski definition) is 0. The van der Waals surface area contributed by atoms with Crippen LogP contribution in [0.3, 0.4) is 0 Å². The molecule has 2 aliphatic heterocycles. The van der Waals surface area contributed by atoms with Crippen LogP contribution in [0.2, 0.25) is 0 Å². The molecule has 3 nitrogen and oxygen atoms in total. The highest BCUT2D eigenvalue weighted by atomic mass is 16.5. The first-order chi connectivity index (χ1) is 8.74. The van der Waals surface area contributed by atoms with Crippen molar-refractivity contribution in [2.75, 3.05) is 13.2 Å². The van der Waals surface area contributed by atoms with Gasteiger partial charge < -0.3 is 9.64 Å². The third-order valence-corrected chi connectivity index (χ3v) is 3.87. The van der Waals surface area contributed by atoms with E-state index in [1.165, 1.54) is 18.5 Å². The number of nitrogens with zero attached hydrogens (tertiary/aromatic N) is 1. The zero-order valence-corrected chi connectivity index (χ0v) is 11.4. The van der Waals surface area contributed by atoms with E-state index in [0.717, 1.165) is 37.3 Å². The van der Waals surface area contributed by atoms with E-state index in [9.17, 15) is 4.79 Å². The molecule has 18 heavy (non-hydrogen) atoms. The lowest BCUT2D eigenvalue weighted by atomic mass is 9.92. The van der Waals surface area contributed by atoms with Gasteiger partial charge in [-0.3, -0.25) is 0 Å². The first kappa shape index (κ1) is 13.2. The van der Waals surface area contributed by atoms with E-state index >= 15 is 0 Å². The summed E-state index contributed by atoms with van der Waals surface area (Å²) in [5, 5.41) is 0. The molecule has 0 aromatic rings. The van der Waals surface area contributed by atoms with Crippen molar-refractivity contribution in [2.24, 2.45) is 5.92 Å². The highest BCUT2D eigenvalue weighted by Gasteiger charge is 2.24. The number of piperidine rings is 1. The Hall–Kier alpha value is -1.25. The summed E-state index contributed by atoms with van der Waals surface area (Å²) in [6.45, 7) is 5.60. The van der Waals surface area contributed by atoms with Gasteiger partial charge in [-0.25, -0.2) is 4.79 Å². The second kappa shape index (κ2) is 6.07. The first-order valence-corrected chi connectivity index (χ1v) is 7.08. The van der Waals surface area contributed by atoms with E-state index in [0.29, 0.717) is 6.61 Å². The lowest BCUT2D eigenvalue weighted by Gasteiger charge is -2.33. The van der Waals surface area contributed by atoms with Crippen LogP contribution in [0, 0.1) is 5.92 Å². The van der Waals surface area contributed by atoms with E-state index in [1.54, 1.807) is 0 Å². The van der Waals surface area contributed by atoms with Crippen molar-refractivity contribution in [3.05, 3.63) is 23.5 Å².